The third-order valence-corrected chi connectivity index (χ3v) is 4.22. The van der Waals surface area contributed by atoms with Gasteiger partial charge in [-0.2, -0.15) is 0 Å². The highest BCUT2D eigenvalue weighted by Gasteiger charge is 2.06. The van der Waals surface area contributed by atoms with Crippen molar-refractivity contribution < 1.29 is 4.79 Å². The van der Waals surface area contributed by atoms with Crippen molar-refractivity contribution in [1.82, 2.24) is 0 Å². The standard InChI is InChI=1S/C19H23N3OS/c1-13-5-4-6-14(2)19(13)16-7-9-17(10-8-16)22-18(23)11-24-12-21-15(3)20/h4-10,12,15H,11,20H2,1-3H3,(H,22,23)/b21-12+. The Balaban J connectivity index is 1.98. The van der Waals surface area contributed by atoms with E-state index in [1.807, 2.05) is 24.3 Å². The first-order valence-corrected chi connectivity index (χ1v) is 8.87. The Morgan fingerprint density at radius 2 is 1.83 bits per heavy atom. The third kappa shape index (κ3) is 5.22. The van der Waals surface area contributed by atoms with Crippen LogP contribution < -0.4 is 11.1 Å². The zero-order valence-electron chi connectivity index (χ0n) is 14.2. The van der Waals surface area contributed by atoms with Gasteiger partial charge in [-0.15, -0.1) is 11.8 Å². The molecule has 2 rings (SSSR count). The highest BCUT2D eigenvalue weighted by Crippen LogP contribution is 2.28. The maximum atomic E-state index is 11.9. The summed E-state index contributed by atoms with van der Waals surface area (Å²) < 4.78 is 0. The fourth-order valence-electron chi connectivity index (χ4n) is 2.44. The minimum atomic E-state index is -0.238. The molecular formula is C19H23N3OS. The summed E-state index contributed by atoms with van der Waals surface area (Å²) >= 11 is 1.33. The number of anilines is 1. The van der Waals surface area contributed by atoms with Gasteiger partial charge in [0.2, 0.25) is 5.91 Å². The van der Waals surface area contributed by atoms with E-state index in [1.165, 1.54) is 28.5 Å². The maximum absolute atomic E-state index is 11.9. The van der Waals surface area contributed by atoms with E-state index in [-0.39, 0.29) is 12.1 Å². The van der Waals surface area contributed by atoms with Gasteiger partial charge in [0.05, 0.1) is 17.5 Å². The summed E-state index contributed by atoms with van der Waals surface area (Å²) in [6.45, 7) is 6.01. The molecule has 1 amide bonds. The fraction of sp³-hybridized carbons (Fsp3) is 0.263. The average Bonchev–Trinajstić information content (AvgIpc) is 2.53. The molecular weight excluding hydrogens is 318 g/mol. The number of thioether (sulfide) groups is 1. The summed E-state index contributed by atoms with van der Waals surface area (Å²) in [6, 6.07) is 14.2. The molecule has 1 unspecified atom stereocenters. The largest absolute Gasteiger partial charge is 0.325 e. The molecule has 2 aromatic rings. The molecule has 0 bridgehead atoms. The first-order chi connectivity index (χ1) is 11.5. The number of nitrogens with two attached hydrogens (primary N) is 1. The number of aliphatic imine (C=N–C) groups is 1. The number of nitrogens with one attached hydrogen (secondary N) is 1. The zero-order valence-corrected chi connectivity index (χ0v) is 15.1. The SMILES string of the molecule is Cc1cccc(C)c1-c1ccc(NC(=O)CS/C=N/C(C)N)cc1. The van der Waals surface area contributed by atoms with Crippen molar-refractivity contribution in [3.8, 4) is 11.1 Å². The molecule has 2 aromatic carbocycles. The van der Waals surface area contributed by atoms with Crippen LogP contribution in [0.4, 0.5) is 5.69 Å². The van der Waals surface area contributed by atoms with Gasteiger partial charge in [-0.3, -0.25) is 9.79 Å². The molecule has 0 aliphatic heterocycles. The molecule has 0 aliphatic carbocycles. The van der Waals surface area contributed by atoms with E-state index in [0.29, 0.717) is 5.75 Å². The molecule has 0 fully saturated rings. The quantitative estimate of drug-likeness (QED) is 0.617. The van der Waals surface area contributed by atoms with Gasteiger partial charge in [-0.1, -0.05) is 30.3 Å². The summed E-state index contributed by atoms with van der Waals surface area (Å²) in [5, 5.41) is 2.89. The predicted molar refractivity (Wildman–Crippen MR) is 105 cm³/mol. The monoisotopic (exact) mass is 341 g/mol. The number of rotatable bonds is 6. The molecule has 0 radical (unpaired) electrons. The number of benzene rings is 2. The fourth-order valence-corrected chi connectivity index (χ4v) is 3.02. The number of carbonyl (C=O) groups is 1. The van der Waals surface area contributed by atoms with Crippen molar-refractivity contribution in [1.29, 1.82) is 0 Å². The van der Waals surface area contributed by atoms with Crippen LogP contribution in [0.1, 0.15) is 18.1 Å². The Labute approximate surface area is 147 Å². The molecule has 126 valence electrons. The van der Waals surface area contributed by atoms with Crippen molar-refractivity contribution in [2.24, 2.45) is 10.7 Å². The summed E-state index contributed by atoms with van der Waals surface area (Å²) in [4.78, 5) is 15.9. The molecule has 5 heteroatoms. The lowest BCUT2D eigenvalue weighted by Gasteiger charge is -2.11. The van der Waals surface area contributed by atoms with Crippen molar-refractivity contribution in [2.75, 3.05) is 11.1 Å². The Kier molecular flexibility index (Phi) is 6.58. The van der Waals surface area contributed by atoms with Gasteiger partial charge in [-0.05, 0) is 55.2 Å². The lowest BCUT2D eigenvalue weighted by molar-refractivity contribution is -0.113. The lowest BCUT2D eigenvalue weighted by Crippen LogP contribution is -2.14. The Hall–Kier alpha value is -2.11. The number of hydrogen-bond donors (Lipinski definition) is 2. The summed E-state index contributed by atoms with van der Waals surface area (Å²) in [6.07, 6.45) is -0.238. The van der Waals surface area contributed by atoms with E-state index in [9.17, 15) is 4.79 Å². The molecule has 0 saturated carbocycles. The lowest BCUT2D eigenvalue weighted by atomic mass is 9.96. The Morgan fingerprint density at radius 3 is 2.42 bits per heavy atom. The van der Waals surface area contributed by atoms with E-state index in [2.05, 4.69) is 42.4 Å². The number of nitrogens with zero attached hydrogens (tertiary/aromatic N) is 1. The second-order valence-electron chi connectivity index (χ2n) is 5.70. The molecule has 0 aromatic heterocycles. The molecule has 1 atom stereocenters. The van der Waals surface area contributed by atoms with Gasteiger partial charge in [-0.25, -0.2) is 0 Å². The van der Waals surface area contributed by atoms with Gasteiger partial charge >= 0.3 is 0 Å². The van der Waals surface area contributed by atoms with Gasteiger partial charge in [0.15, 0.2) is 0 Å². The second-order valence-corrected chi connectivity index (χ2v) is 6.53. The highest BCUT2D eigenvalue weighted by atomic mass is 32.2. The summed E-state index contributed by atoms with van der Waals surface area (Å²) in [5.74, 6) is 0.255. The first kappa shape index (κ1) is 18.2. The van der Waals surface area contributed by atoms with Crippen LogP contribution in [0.5, 0.6) is 0 Å². The molecule has 0 heterocycles. The minimum absolute atomic E-state index is 0.0593. The zero-order chi connectivity index (χ0) is 17.5. The van der Waals surface area contributed by atoms with E-state index < -0.39 is 0 Å². The van der Waals surface area contributed by atoms with Gasteiger partial charge in [0, 0.05) is 5.69 Å². The maximum Gasteiger partial charge on any atom is 0.234 e. The van der Waals surface area contributed by atoms with Gasteiger partial charge < -0.3 is 11.1 Å². The van der Waals surface area contributed by atoms with Crippen molar-refractivity contribution in [3.05, 3.63) is 53.6 Å². The van der Waals surface area contributed by atoms with Crippen molar-refractivity contribution >= 4 is 28.9 Å². The average molecular weight is 341 g/mol. The molecule has 3 N–H and O–H groups in total. The number of amides is 1. The van der Waals surface area contributed by atoms with Crippen LogP contribution in [0.15, 0.2) is 47.5 Å². The molecule has 0 saturated heterocycles. The van der Waals surface area contributed by atoms with Crippen LogP contribution in [0, 0.1) is 13.8 Å². The van der Waals surface area contributed by atoms with E-state index in [0.717, 1.165) is 11.3 Å². The minimum Gasteiger partial charge on any atom is -0.325 e. The number of carbonyl (C=O) groups excluding carboxylic acids is 1. The van der Waals surface area contributed by atoms with Crippen LogP contribution >= 0.6 is 11.8 Å². The van der Waals surface area contributed by atoms with E-state index >= 15 is 0 Å². The molecule has 0 aliphatic rings. The number of hydrogen-bond acceptors (Lipinski definition) is 4. The Bertz CT molecular complexity index is 704. The third-order valence-electron chi connectivity index (χ3n) is 3.52. The molecule has 4 nitrogen and oxygen atoms in total. The van der Waals surface area contributed by atoms with Crippen LogP contribution in [-0.2, 0) is 4.79 Å². The molecule has 24 heavy (non-hydrogen) atoms. The van der Waals surface area contributed by atoms with Gasteiger partial charge in [0.25, 0.3) is 0 Å². The van der Waals surface area contributed by atoms with Crippen molar-refractivity contribution in [3.63, 3.8) is 0 Å². The predicted octanol–water partition coefficient (Wildman–Crippen LogP) is 3.98. The highest BCUT2D eigenvalue weighted by molar-refractivity contribution is 8.12. The van der Waals surface area contributed by atoms with Gasteiger partial charge in [0.1, 0.15) is 0 Å². The van der Waals surface area contributed by atoms with Crippen molar-refractivity contribution in [2.45, 2.75) is 26.9 Å². The van der Waals surface area contributed by atoms with Crippen LogP contribution in [0.3, 0.4) is 0 Å². The molecule has 0 spiro atoms. The van der Waals surface area contributed by atoms with Crippen LogP contribution in [0.25, 0.3) is 11.1 Å². The van der Waals surface area contributed by atoms with E-state index in [1.54, 1.807) is 12.5 Å². The topological polar surface area (TPSA) is 67.5 Å². The smallest absolute Gasteiger partial charge is 0.234 e. The number of aryl methyl sites for hydroxylation is 2. The summed E-state index contributed by atoms with van der Waals surface area (Å²) in [7, 11) is 0. The second kappa shape index (κ2) is 8.66. The van der Waals surface area contributed by atoms with Crippen LogP contribution in [-0.4, -0.2) is 23.4 Å². The Morgan fingerprint density at radius 1 is 1.21 bits per heavy atom. The van der Waals surface area contributed by atoms with E-state index in [4.69, 9.17) is 5.73 Å². The first-order valence-electron chi connectivity index (χ1n) is 7.82. The summed E-state index contributed by atoms with van der Waals surface area (Å²) in [5.41, 5.74) is 12.8. The van der Waals surface area contributed by atoms with Crippen LogP contribution in [0.2, 0.25) is 0 Å². The normalized spacial score (nSPS) is 12.3.